The van der Waals surface area contributed by atoms with Crippen molar-refractivity contribution in [3.8, 4) is 0 Å². The van der Waals surface area contributed by atoms with Crippen molar-refractivity contribution in [2.24, 2.45) is 40.4 Å². The number of hydrogen-bond acceptors (Lipinski definition) is 5. The van der Waals surface area contributed by atoms with E-state index < -0.39 is 0 Å². The van der Waals surface area contributed by atoms with Crippen molar-refractivity contribution in [1.29, 1.82) is 0 Å². The maximum absolute atomic E-state index is 12.8. The van der Waals surface area contributed by atoms with E-state index in [4.69, 9.17) is 9.84 Å². The average Bonchev–Trinajstić information content (AvgIpc) is 3.42. The van der Waals surface area contributed by atoms with Crippen LogP contribution in [0.2, 0.25) is 0 Å². The number of carbonyl (C=O) groups is 1. The van der Waals surface area contributed by atoms with E-state index in [9.17, 15) is 4.79 Å². The van der Waals surface area contributed by atoms with Crippen LogP contribution in [0.25, 0.3) is 0 Å². The molecule has 0 aromatic heterocycles. The van der Waals surface area contributed by atoms with E-state index in [2.05, 4.69) is 41.5 Å². The summed E-state index contributed by atoms with van der Waals surface area (Å²) in [6.07, 6.45) is 15.6. The van der Waals surface area contributed by atoms with Gasteiger partial charge in [0.05, 0.1) is 12.2 Å². The fraction of sp³-hybridized carbons (Fsp3) is 0.968. The number of rotatable bonds is 6. The molecule has 0 radical (unpaired) electrons. The van der Waals surface area contributed by atoms with Crippen molar-refractivity contribution in [1.82, 2.24) is 20.7 Å². The first kappa shape index (κ1) is 27.3. The van der Waals surface area contributed by atoms with Gasteiger partial charge in [0.2, 0.25) is 0 Å². The van der Waals surface area contributed by atoms with Crippen LogP contribution in [0.1, 0.15) is 90.9 Å². The number of hydrazine groups is 1. The third kappa shape index (κ3) is 4.92. The maximum atomic E-state index is 12.8. The number of urea groups is 1. The van der Waals surface area contributed by atoms with Crippen molar-refractivity contribution in [3.05, 3.63) is 0 Å². The molecule has 4 aliphatic carbocycles. The fourth-order valence-corrected chi connectivity index (χ4v) is 10.6. The lowest BCUT2D eigenvalue weighted by Gasteiger charge is -2.61. The summed E-state index contributed by atoms with van der Waals surface area (Å²) < 4.78 is 6.68. The molecule has 2 heterocycles. The van der Waals surface area contributed by atoms with Gasteiger partial charge < -0.3 is 20.1 Å². The first-order valence-corrected chi connectivity index (χ1v) is 16.1. The molecule has 3 N–H and O–H groups in total. The second-order valence-electron chi connectivity index (χ2n) is 14.6. The summed E-state index contributed by atoms with van der Waals surface area (Å²) in [6, 6.07) is 0.311. The summed E-state index contributed by atoms with van der Waals surface area (Å²) in [7, 11) is 2.14. The second kappa shape index (κ2) is 10.8. The quantitative estimate of drug-likeness (QED) is 0.444. The van der Waals surface area contributed by atoms with Crippen molar-refractivity contribution >= 4 is 6.03 Å². The van der Waals surface area contributed by atoms with Gasteiger partial charge in [0, 0.05) is 38.8 Å². The summed E-state index contributed by atoms with van der Waals surface area (Å²) in [5, 5.41) is 14.6. The molecule has 4 saturated carbocycles. The lowest BCUT2D eigenvalue weighted by molar-refractivity contribution is -0.115. The van der Waals surface area contributed by atoms with Crippen molar-refractivity contribution < 1.29 is 14.6 Å². The zero-order valence-corrected chi connectivity index (χ0v) is 24.3. The summed E-state index contributed by atoms with van der Waals surface area (Å²) in [5.41, 5.74) is 4.00. The molecule has 2 aliphatic heterocycles. The molecule has 7 nitrogen and oxygen atoms in total. The lowest BCUT2D eigenvalue weighted by Crippen LogP contribution is -2.58. The molecule has 216 valence electrons. The maximum Gasteiger partial charge on any atom is 0.329 e. The van der Waals surface area contributed by atoms with Crippen molar-refractivity contribution in [3.63, 3.8) is 0 Å². The molecule has 6 fully saturated rings. The van der Waals surface area contributed by atoms with Crippen LogP contribution in [0, 0.1) is 40.4 Å². The zero-order chi connectivity index (χ0) is 26.5. The average molecular weight is 531 g/mol. The number of fused-ring (bicyclic) bond motifs is 7. The third-order valence-electron chi connectivity index (χ3n) is 12.8. The Bertz CT molecular complexity index is 849. The van der Waals surface area contributed by atoms with Crippen LogP contribution in [0.3, 0.4) is 0 Å². The summed E-state index contributed by atoms with van der Waals surface area (Å²) in [5.74, 6) is 4.03. The van der Waals surface area contributed by atoms with Crippen LogP contribution in [0.15, 0.2) is 0 Å². The molecule has 38 heavy (non-hydrogen) atoms. The molecule has 0 spiro atoms. The van der Waals surface area contributed by atoms with Gasteiger partial charge in [0.15, 0.2) is 0 Å². The van der Waals surface area contributed by atoms with E-state index in [1.165, 1.54) is 44.9 Å². The van der Waals surface area contributed by atoms with Gasteiger partial charge in [0.25, 0.3) is 0 Å². The number of hydrogen-bond donors (Lipinski definition) is 3. The Kier molecular flexibility index (Phi) is 7.78. The number of piperazine rings is 1. The second-order valence-corrected chi connectivity index (χ2v) is 14.6. The van der Waals surface area contributed by atoms with Gasteiger partial charge >= 0.3 is 6.03 Å². The van der Waals surface area contributed by atoms with Gasteiger partial charge in [-0.05, 0) is 125 Å². The molecule has 0 bridgehead atoms. The van der Waals surface area contributed by atoms with Crippen LogP contribution >= 0.6 is 0 Å². The molecule has 2 saturated heterocycles. The number of ether oxygens (including phenoxy) is 1. The van der Waals surface area contributed by atoms with Gasteiger partial charge in [-0.2, -0.15) is 0 Å². The molecule has 6 aliphatic rings. The number of aliphatic hydroxyl groups is 1. The van der Waals surface area contributed by atoms with E-state index in [0.29, 0.717) is 35.7 Å². The standard InChI is InChI=1S/C31H54N4O3/c1-30-11-9-22(32-29(37)33-35-15-13-34(3)14-16-35)18-21(30)7-8-24-25(30)10-12-31(2)26(24)20-28-27(31)19-23(38-28)6-4-5-17-36/h21-28,36H,4-20H2,1-3H3,(H2,32,33,37). The van der Waals surface area contributed by atoms with E-state index in [-0.39, 0.29) is 6.03 Å². The van der Waals surface area contributed by atoms with Gasteiger partial charge in [-0.25, -0.2) is 9.80 Å². The van der Waals surface area contributed by atoms with Crippen molar-refractivity contribution in [2.75, 3.05) is 39.8 Å². The number of nitrogens with zero attached hydrogens (tertiary/aromatic N) is 2. The van der Waals surface area contributed by atoms with E-state index in [0.717, 1.165) is 87.9 Å². The minimum absolute atomic E-state index is 0.00237. The first-order valence-electron chi connectivity index (χ1n) is 16.1. The number of nitrogens with one attached hydrogen (secondary N) is 2. The molecule has 2 amide bonds. The number of amides is 2. The molecule has 10 unspecified atom stereocenters. The Balaban J connectivity index is 1.04. The number of aliphatic hydroxyl groups excluding tert-OH is 1. The highest BCUT2D eigenvalue weighted by Crippen LogP contribution is 2.69. The molecule has 0 aromatic carbocycles. The third-order valence-corrected chi connectivity index (χ3v) is 12.8. The minimum Gasteiger partial charge on any atom is -0.396 e. The normalized spacial score (nSPS) is 47.1. The van der Waals surface area contributed by atoms with Crippen LogP contribution in [-0.2, 0) is 4.74 Å². The van der Waals surface area contributed by atoms with E-state index in [1.807, 2.05) is 0 Å². The molecule has 7 heteroatoms. The molecule has 10 atom stereocenters. The Morgan fingerprint density at radius 2 is 1.71 bits per heavy atom. The predicted molar refractivity (Wildman–Crippen MR) is 149 cm³/mol. The number of likely N-dealkylation sites (N-methyl/N-ethyl adjacent to an activating group) is 1. The van der Waals surface area contributed by atoms with Crippen LogP contribution in [-0.4, -0.2) is 79.1 Å². The van der Waals surface area contributed by atoms with Gasteiger partial charge in [0.1, 0.15) is 0 Å². The first-order chi connectivity index (χ1) is 18.3. The highest BCUT2D eigenvalue weighted by atomic mass is 16.5. The van der Waals surface area contributed by atoms with Crippen LogP contribution in [0.5, 0.6) is 0 Å². The molecular formula is C31H54N4O3. The topological polar surface area (TPSA) is 77.1 Å². The lowest BCUT2D eigenvalue weighted by atomic mass is 9.44. The summed E-state index contributed by atoms with van der Waals surface area (Å²) in [6.45, 7) is 9.37. The Hall–Kier alpha value is -0.890. The van der Waals surface area contributed by atoms with Gasteiger partial charge in [-0.15, -0.1) is 0 Å². The Morgan fingerprint density at radius 3 is 2.50 bits per heavy atom. The highest BCUT2D eigenvalue weighted by molar-refractivity contribution is 5.73. The predicted octanol–water partition coefficient (Wildman–Crippen LogP) is 4.41. The summed E-state index contributed by atoms with van der Waals surface area (Å²) >= 11 is 0. The van der Waals surface area contributed by atoms with Crippen LogP contribution < -0.4 is 10.7 Å². The fourth-order valence-electron chi connectivity index (χ4n) is 10.6. The molecule has 6 rings (SSSR count). The van der Waals surface area contributed by atoms with Gasteiger partial charge in [-0.1, -0.05) is 13.8 Å². The Morgan fingerprint density at radius 1 is 0.921 bits per heavy atom. The summed E-state index contributed by atoms with van der Waals surface area (Å²) in [4.78, 5) is 15.1. The smallest absolute Gasteiger partial charge is 0.329 e. The van der Waals surface area contributed by atoms with E-state index in [1.54, 1.807) is 0 Å². The SMILES string of the molecule is CN1CCN(NC(=O)NC2CCC3(C)C(CCC4C3CCC3(C)C5CC(CCCCO)OC5CC43)C2)CC1. The molecular weight excluding hydrogens is 476 g/mol. The number of unbranched alkanes of at least 4 members (excludes halogenated alkanes) is 1. The molecule has 0 aromatic rings. The van der Waals surface area contributed by atoms with E-state index >= 15 is 0 Å². The minimum atomic E-state index is -0.00237. The Labute approximate surface area is 230 Å². The van der Waals surface area contributed by atoms with Crippen LogP contribution in [0.4, 0.5) is 4.79 Å². The highest BCUT2D eigenvalue weighted by Gasteiger charge is 2.64. The van der Waals surface area contributed by atoms with Crippen molar-refractivity contribution in [2.45, 2.75) is 109 Å². The zero-order valence-electron chi connectivity index (χ0n) is 24.3. The van der Waals surface area contributed by atoms with Gasteiger partial charge in [-0.3, -0.25) is 5.43 Å². The monoisotopic (exact) mass is 530 g/mol. The largest absolute Gasteiger partial charge is 0.396 e. The number of carbonyl (C=O) groups excluding carboxylic acids is 1.